The van der Waals surface area contributed by atoms with Crippen LogP contribution in [0, 0.1) is 5.41 Å². The van der Waals surface area contributed by atoms with Crippen LogP contribution in [0.4, 0.5) is 0 Å². The molecule has 16 heavy (non-hydrogen) atoms. The molecule has 0 fully saturated rings. The van der Waals surface area contributed by atoms with Crippen LogP contribution in [-0.2, 0) is 0 Å². The smallest absolute Gasteiger partial charge is 0.0991 e. The average Bonchev–Trinajstić information content (AvgIpc) is 2.43. The molecule has 0 saturated carbocycles. The van der Waals surface area contributed by atoms with Gasteiger partial charge in [-0.05, 0) is 36.9 Å². The zero-order valence-corrected chi connectivity index (χ0v) is 12.6. The highest BCUT2D eigenvalue weighted by Gasteiger charge is 2.14. The van der Waals surface area contributed by atoms with E-state index in [2.05, 4.69) is 33.0 Å². The average molecular weight is 280 g/mol. The van der Waals surface area contributed by atoms with Gasteiger partial charge in [0.2, 0.25) is 0 Å². The maximum absolute atomic E-state index is 6.10. The number of hydrogen-bond donors (Lipinski definition) is 1. The lowest BCUT2D eigenvalue weighted by molar-refractivity contribution is 0.358. The number of hydrogen-bond acceptors (Lipinski definition) is 2. The van der Waals surface area contributed by atoms with E-state index in [4.69, 9.17) is 23.2 Å². The minimum Gasteiger partial charge on any atom is -0.310 e. The van der Waals surface area contributed by atoms with Crippen molar-refractivity contribution in [2.45, 2.75) is 40.2 Å². The van der Waals surface area contributed by atoms with Crippen molar-refractivity contribution in [2.75, 3.05) is 6.54 Å². The van der Waals surface area contributed by atoms with Gasteiger partial charge in [-0.3, -0.25) is 0 Å². The standard InChI is InChI=1S/C12H19Cl2NS/c1-8(15-6-5-12(2,3)4)9-7-10(13)16-11(9)14/h7-8,15H,5-6H2,1-4H3. The highest BCUT2D eigenvalue weighted by molar-refractivity contribution is 7.20. The maximum atomic E-state index is 6.10. The quantitative estimate of drug-likeness (QED) is 0.805. The Labute approximate surface area is 112 Å². The van der Waals surface area contributed by atoms with Crippen LogP contribution < -0.4 is 5.32 Å². The van der Waals surface area contributed by atoms with E-state index in [1.54, 1.807) is 0 Å². The lowest BCUT2D eigenvalue weighted by atomic mass is 9.92. The normalized spacial score (nSPS) is 14.1. The third kappa shape index (κ3) is 4.62. The van der Waals surface area contributed by atoms with E-state index < -0.39 is 0 Å². The fraction of sp³-hybridized carbons (Fsp3) is 0.667. The first-order chi connectivity index (χ1) is 7.29. The highest BCUT2D eigenvalue weighted by Crippen LogP contribution is 2.34. The van der Waals surface area contributed by atoms with Crippen LogP contribution in [0.1, 0.15) is 45.7 Å². The van der Waals surface area contributed by atoms with E-state index in [1.807, 2.05) is 6.07 Å². The fourth-order valence-corrected chi connectivity index (χ4v) is 3.07. The van der Waals surface area contributed by atoms with Crippen LogP contribution >= 0.6 is 34.5 Å². The molecule has 1 nitrogen and oxygen atoms in total. The molecule has 1 aromatic rings. The first-order valence-electron chi connectivity index (χ1n) is 5.48. The second-order valence-electron chi connectivity index (χ2n) is 5.27. The Morgan fingerprint density at radius 2 is 2.00 bits per heavy atom. The highest BCUT2D eigenvalue weighted by atomic mass is 35.5. The van der Waals surface area contributed by atoms with Gasteiger partial charge in [0.25, 0.3) is 0 Å². The van der Waals surface area contributed by atoms with Gasteiger partial charge >= 0.3 is 0 Å². The molecule has 0 saturated heterocycles. The number of nitrogens with one attached hydrogen (secondary N) is 1. The molecule has 0 amide bonds. The molecule has 1 N–H and O–H groups in total. The number of rotatable bonds is 4. The minimum atomic E-state index is 0.263. The van der Waals surface area contributed by atoms with Crippen molar-refractivity contribution >= 4 is 34.5 Å². The van der Waals surface area contributed by atoms with E-state index in [9.17, 15) is 0 Å². The molecule has 0 bridgehead atoms. The van der Waals surface area contributed by atoms with Crippen molar-refractivity contribution in [1.82, 2.24) is 5.32 Å². The van der Waals surface area contributed by atoms with Crippen LogP contribution in [-0.4, -0.2) is 6.54 Å². The topological polar surface area (TPSA) is 12.0 Å². The summed E-state index contributed by atoms with van der Waals surface area (Å²) in [4.78, 5) is 0. The first-order valence-corrected chi connectivity index (χ1v) is 7.05. The van der Waals surface area contributed by atoms with Crippen molar-refractivity contribution in [1.29, 1.82) is 0 Å². The largest absolute Gasteiger partial charge is 0.310 e. The monoisotopic (exact) mass is 279 g/mol. The number of thiophene rings is 1. The third-order valence-electron chi connectivity index (χ3n) is 2.48. The lowest BCUT2D eigenvalue weighted by Gasteiger charge is -2.20. The molecule has 1 atom stereocenters. The summed E-state index contributed by atoms with van der Waals surface area (Å²) in [6.45, 7) is 9.84. The Hall–Kier alpha value is 0.240. The third-order valence-corrected chi connectivity index (χ3v) is 3.99. The Morgan fingerprint density at radius 3 is 2.44 bits per heavy atom. The second kappa shape index (κ2) is 5.72. The zero-order valence-electron chi connectivity index (χ0n) is 10.2. The van der Waals surface area contributed by atoms with Crippen LogP contribution in [0.25, 0.3) is 0 Å². The molecular formula is C12H19Cl2NS. The summed E-state index contributed by atoms with van der Waals surface area (Å²) >= 11 is 13.5. The molecule has 0 radical (unpaired) electrons. The van der Waals surface area contributed by atoms with Gasteiger partial charge in [0.15, 0.2) is 0 Å². The van der Waals surface area contributed by atoms with Gasteiger partial charge in [-0.2, -0.15) is 0 Å². The fourth-order valence-electron chi connectivity index (χ4n) is 1.42. The van der Waals surface area contributed by atoms with Gasteiger partial charge < -0.3 is 5.32 Å². The molecule has 0 aliphatic carbocycles. The van der Waals surface area contributed by atoms with Gasteiger partial charge in [-0.1, -0.05) is 44.0 Å². The van der Waals surface area contributed by atoms with E-state index in [-0.39, 0.29) is 6.04 Å². The molecule has 1 unspecified atom stereocenters. The summed E-state index contributed by atoms with van der Waals surface area (Å²) < 4.78 is 1.55. The predicted octanol–water partition coefficient (Wildman–Crippen LogP) is 5.14. The molecule has 4 heteroatoms. The Balaban J connectivity index is 2.47. The summed E-state index contributed by atoms with van der Waals surface area (Å²) in [5, 5.41) is 3.47. The van der Waals surface area contributed by atoms with Crippen molar-refractivity contribution in [2.24, 2.45) is 5.41 Å². The van der Waals surface area contributed by atoms with Crippen LogP contribution in [0.5, 0.6) is 0 Å². The molecule has 0 aliphatic rings. The number of halogens is 2. The van der Waals surface area contributed by atoms with Crippen molar-refractivity contribution in [3.63, 3.8) is 0 Å². The van der Waals surface area contributed by atoms with Gasteiger partial charge in [0, 0.05) is 6.04 Å². The molecule has 0 spiro atoms. The van der Waals surface area contributed by atoms with Crippen LogP contribution in [0.3, 0.4) is 0 Å². The SMILES string of the molecule is CC(NCCC(C)(C)C)c1cc(Cl)sc1Cl. The second-order valence-corrected chi connectivity index (χ2v) is 7.55. The van der Waals surface area contributed by atoms with E-state index in [0.717, 1.165) is 27.2 Å². The van der Waals surface area contributed by atoms with Gasteiger partial charge in [-0.15, -0.1) is 11.3 Å². The molecule has 1 rings (SSSR count). The Bertz CT molecular complexity index is 341. The summed E-state index contributed by atoms with van der Waals surface area (Å²) in [5.41, 5.74) is 1.47. The zero-order chi connectivity index (χ0) is 12.3. The molecule has 1 heterocycles. The Kier molecular flexibility index (Phi) is 5.11. The van der Waals surface area contributed by atoms with Gasteiger partial charge in [0.1, 0.15) is 0 Å². The van der Waals surface area contributed by atoms with E-state index in [0.29, 0.717) is 5.41 Å². The van der Waals surface area contributed by atoms with Gasteiger partial charge in [0.05, 0.1) is 8.67 Å². The molecule has 0 aromatic carbocycles. The molecular weight excluding hydrogens is 261 g/mol. The molecule has 1 aromatic heterocycles. The van der Waals surface area contributed by atoms with Crippen LogP contribution in [0.2, 0.25) is 8.67 Å². The van der Waals surface area contributed by atoms with Crippen molar-refractivity contribution in [3.05, 3.63) is 20.3 Å². The molecule has 92 valence electrons. The first kappa shape index (κ1) is 14.3. The minimum absolute atomic E-state index is 0.263. The summed E-state index contributed by atoms with van der Waals surface area (Å²) in [6, 6.07) is 2.21. The van der Waals surface area contributed by atoms with Crippen molar-refractivity contribution in [3.8, 4) is 0 Å². The molecule has 0 aliphatic heterocycles. The summed E-state index contributed by atoms with van der Waals surface area (Å²) in [5.74, 6) is 0. The van der Waals surface area contributed by atoms with E-state index >= 15 is 0 Å². The lowest BCUT2D eigenvalue weighted by Crippen LogP contribution is -2.23. The van der Waals surface area contributed by atoms with E-state index in [1.165, 1.54) is 11.3 Å². The summed E-state index contributed by atoms with van der Waals surface area (Å²) in [6.07, 6.45) is 1.15. The van der Waals surface area contributed by atoms with Crippen LogP contribution in [0.15, 0.2) is 6.07 Å². The summed E-state index contributed by atoms with van der Waals surface area (Å²) in [7, 11) is 0. The maximum Gasteiger partial charge on any atom is 0.0991 e. The predicted molar refractivity (Wildman–Crippen MR) is 74.8 cm³/mol. The van der Waals surface area contributed by atoms with Crippen molar-refractivity contribution < 1.29 is 0 Å². The van der Waals surface area contributed by atoms with Gasteiger partial charge in [-0.25, -0.2) is 0 Å². The Morgan fingerprint density at radius 1 is 1.38 bits per heavy atom.